The molecule has 144 valence electrons. The third-order valence-electron chi connectivity index (χ3n) is 4.96. The first-order chi connectivity index (χ1) is 13.2. The second-order valence-corrected chi connectivity index (χ2v) is 6.69. The third kappa shape index (κ3) is 4.70. The van der Waals surface area contributed by atoms with E-state index in [1.807, 2.05) is 18.2 Å². The summed E-state index contributed by atoms with van der Waals surface area (Å²) in [5.74, 6) is 0.00481. The average molecular weight is 369 g/mol. The molecule has 1 saturated heterocycles. The predicted octanol–water partition coefficient (Wildman–Crippen LogP) is 2.92. The Hall–Kier alpha value is -2.76. The first kappa shape index (κ1) is 19.0. The van der Waals surface area contributed by atoms with Crippen LogP contribution in [0.15, 0.2) is 53.1 Å². The molecule has 6 nitrogen and oxygen atoms in total. The quantitative estimate of drug-likeness (QED) is 0.727. The fraction of sp³-hybridized carbons (Fsp3) is 0.429. The molecule has 6 heteroatoms. The molecule has 27 heavy (non-hydrogen) atoms. The molecule has 0 bridgehead atoms. The van der Waals surface area contributed by atoms with Gasteiger partial charge in [-0.15, -0.1) is 0 Å². The van der Waals surface area contributed by atoms with E-state index < -0.39 is 6.04 Å². The lowest BCUT2D eigenvalue weighted by Crippen LogP contribution is -2.46. The topological polar surface area (TPSA) is 65.8 Å². The number of carbonyl (C=O) groups excluding carboxylic acids is 2. The van der Waals surface area contributed by atoms with Gasteiger partial charge in [-0.2, -0.15) is 0 Å². The van der Waals surface area contributed by atoms with Crippen LogP contribution in [0, 0.1) is 0 Å². The molecule has 2 amide bonds. The summed E-state index contributed by atoms with van der Waals surface area (Å²) in [6, 6.07) is 13.2. The Labute approximate surface area is 160 Å². The van der Waals surface area contributed by atoms with Gasteiger partial charge in [0.25, 0.3) is 5.91 Å². The van der Waals surface area contributed by atoms with Gasteiger partial charge in [-0.25, -0.2) is 0 Å². The van der Waals surface area contributed by atoms with Crippen LogP contribution in [0.4, 0.5) is 5.69 Å². The van der Waals surface area contributed by atoms with Gasteiger partial charge in [0.05, 0.1) is 6.26 Å². The lowest BCUT2D eigenvalue weighted by molar-refractivity contribution is -0.124. The summed E-state index contributed by atoms with van der Waals surface area (Å²) in [4.78, 5) is 29.0. The largest absolute Gasteiger partial charge is 0.459 e. The lowest BCUT2D eigenvalue weighted by Gasteiger charge is -2.24. The molecule has 1 N–H and O–H groups in total. The van der Waals surface area contributed by atoms with Gasteiger partial charge in [-0.1, -0.05) is 18.2 Å². The summed E-state index contributed by atoms with van der Waals surface area (Å²) in [7, 11) is 0. The van der Waals surface area contributed by atoms with Crippen molar-refractivity contribution in [3.8, 4) is 0 Å². The summed E-state index contributed by atoms with van der Waals surface area (Å²) in [6.07, 6.45) is 3.86. The summed E-state index contributed by atoms with van der Waals surface area (Å²) in [6.45, 7) is 5.12. The maximum atomic E-state index is 12.6. The minimum Gasteiger partial charge on any atom is -0.459 e. The minimum absolute atomic E-state index is 0.0739. The Balaban J connectivity index is 1.46. The van der Waals surface area contributed by atoms with Crippen molar-refractivity contribution in [2.75, 3.05) is 31.1 Å². The fourth-order valence-corrected chi connectivity index (χ4v) is 3.53. The van der Waals surface area contributed by atoms with E-state index in [2.05, 4.69) is 29.3 Å². The van der Waals surface area contributed by atoms with E-state index in [9.17, 15) is 9.59 Å². The summed E-state index contributed by atoms with van der Waals surface area (Å²) in [5.41, 5.74) is 1.19. The van der Waals surface area contributed by atoms with Gasteiger partial charge in [0.1, 0.15) is 6.04 Å². The van der Waals surface area contributed by atoms with E-state index >= 15 is 0 Å². The molecule has 1 fully saturated rings. The molecule has 0 saturated carbocycles. The van der Waals surface area contributed by atoms with Crippen LogP contribution < -0.4 is 10.2 Å². The zero-order chi connectivity index (χ0) is 19.1. The second-order valence-electron chi connectivity index (χ2n) is 6.69. The Morgan fingerprint density at radius 3 is 2.74 bits per heavy atom. The zero-order valence-electron chi connectivity index (χ0n) is 15.8. The Bertz CT molecular complexity index is 730. The highest BCUT2D eigenvalue weighted by molar-refractivity contribution is 5.95. The van der Waals surface area contributed by atoms with E-state index in [0.717, 1.165) is 25.9 Å². The number of amides is 2. The number of rotatable bonds is 8. The number of nitrogens with zero attached hydrogens (tertiary/aromatic N) is 2. The van der Waals surface area contributed by atoms with E-state index in [1.165, 1.54) is 12.0 Å². The molecule has 1 atom stereocenters. The van der Waals surface area contributed by atoms with Crippen LogP contribution in [-0.2, 0) is 4.79 Å². The van der Waals surface area contributed by atoms with Crippen LogP contribution >= 0.6 is 0 Å². The number of likely N-dealkylation sites (tertiary alicyclic amines) is 1. The van der Waals surface area contributed by atoms with Crippen molar-refractivity contribution in [3.63, 3.8) is 0 Å². The number of furan rings is 1. The maximum Gasteiger partial charge on any atom is 0.290 e. The molecule has 0 radical (unpaired) electrons. The van der Waals surface area contributed by atoms with E-state index in [0.29, 0.717) is 19.5 Å². The van der Waals surface area contributed by atoms with Crippen molar-refractivity contribution in [1.82, 2.24) is 10.2 Å². The average Bonchev–Trinajstić information content (AvgIpc) is 3.40. The third-order valence-corrected chi connectivity index (χ3v) is 4.96. The van der Waals surface area contributed by atoms with E-state index in [1.54, 1.807) is 17.0 Å². The summed E-state index contributed by atoms with van der Waals surface area (Å²) < 4.78 is 5.19. The molecule has 1 aliphatic rings. The Kier molecular flexibility index (Phi) is 6.52. The number of hydrogen-bond donors (Lipinski definition) is 1. The highest BCUT2D eigenvalue weighted by Crippen LogP contribution is 2.20. The van der Waals surface area contributed by atoms with Crippen LogP contribution in [0.25, 0.3) is 0 Å². The van der Waals surface area contributed by atoms with Crippen molar-refractivity contribution >= 4 is 17.5 Å². The number of nitrogens with one attached hydrogen (secondary N) is 1. The van der Waals surface area contributed by atoms with Crippen LogP contribution in [0.3, 0.4) is 0 Å². The van der Waals surface area contributed by atoms with E-state index in [4.69, 9.17) is 4.42 Å². The van der Waals surface area contributed by atoms with Crippen LogP contribution in [-0.4, -0.2) is 48.9 Å². The van der Waals surface area contributed by atoms with Gasteiger partial charge >= 0.3 is 0 Å². The van der Waals surface area contributed by atoms with E-state index in [-0.39, 0.29) is 17.6 Å². The molecule has 0 spiro atoms. The van der Waals surface area contributed by atoms with Crippen LogP contribution in [0.5, 0.6) is 0 Å². The van der Waals surface area contributed by atoms with Gasteiger partial charge in [-0.05, 0) is 50.5 Å². The van der Waals surface area contributed by atoms with Crippen molar-refractivity contribution in [2.45, 2.75) is 32.2 Å². The van der Waals surface area contributed by atoms with Crippen LogP contribution in [0.2, 0.25) is 0 Å². The summed E-state index contributed by atoms with van der Waals surface area (Å²) >= 11 is 0. The molecule has 3 rings (SSSR count). The Morgan fingerprint density at radius 1 is 1.22 bits per heavy atom. The monoisotopic (exact) mass is 369 g/mol. The number of carbonyl (C=O) groups is 2. The SMILES string of the molecule is CCN(CCCNC(=O)[C@@H]1CCCN1C(=O)c1ccco1)c1ccccc1. The van der Waals surface area contributed by atoms with Crippen molar-refractivity contribution in [3.05, 3.63) is 54.5 Å². The molecule has 1 aromatic carbocycles. The highest BCUT2D eigenvalue weighted by atomic mass is 16.3. The molecular formula is C21H27N3O3. The van der Waals surface area contributed by atoms with Gasteiger partial charge in [0.2, 0.25) is 5.91 Å². The lowest BCUT2D eigenvalue weighted by atomic mass is 10.2. The highest BCUT2D eigenvalue weighted by Gasteiger charge is 2.35. The number of hydrogen-bond acceptors (Lipinski definition) is 4. The van der Waals surface area contributed by atoms with Gasteiger partial charge < -0.3 is 19.5 Å². The van der Waals surface area contributed by atoms with Gasteiger partial charge in [0.15, 0.2) is 5.76 Å². The number of benzene rings is 1. The van der Waals surface area contributed by atoms with Gasteiger partial charge in [0, 0.05) is 31.9 Å². The molecule has 0 aliphatic carbocycles. The fourth-order valence-electron chi connectivity index (χ4n) is 3.53. The Morgan fingerprint density at radius 2 is 2.04 bits per heavy atom. The first-order valence-electron chi connectivity index (χ1n) is 9.63. The van der Waals surface area contributed by atoms with Crippen molar-refractivity contribution < 1.29 is 14.0 Å². The second kappa shape index (κ2) is 9.26. The zero-order valence-corrected chi connectivity index (χ0v) is 15.8. The summed E-state index contributed by atoms with van der Waals surface area (Å²) in [5, 5.41) is 3.00. The predicted molar refractivity (Wildman–Crippen MR) is 105 cm³/mol. The smallest absolute Gasteiger partial charge is 0.290 e. The molecular weight excluding hydrogens is 342 g/mol. The normalized spacial score (nSPS) is 16.3. The molecule has 1 aliphatic heterocycles. The van der Waals surface area contributed by atoms with Crippen LogP contribution in [0.1, 0.15) is 36.7 Å². The maximum absolute atomic E-state index is 12.6. The molecule has 2 aromatic rings. The number of para-hydroxylation sites is 1. The minimum atomic E-state index is -0.404. The molecule has 0 unspecified atom stereocenters. The van der Waals surface area contributed by atoms with Gasteiger partial charge in [-0.3, -0.25) is 9.59 Å². The van der Waals surface area contributed by atoms with Crippen molar-refractivity contribution in [2.24, 2.45) is 0 Å². The standard InChI is InChI=1S/C21H27N3O3/c1-2-23(17-9-4-3-5-10-17)14-8-13-22-20(25)18-11-6-15-24(18)21(26)19-12-7-16-27-19/h3-5,7,9-10,12,16,18H,2,6,8,11,13-15H2,1H3,(H,22,25)/t18-/m0/s1. The molecule has 2 heterocycles. The number of anilines is 1. The molecule has 1 aromatic heterocycles. The van der Waals surface area contributed by atoms with Crippen molar-refractivity contribution in [1.29, 1.82) is 0 Å². The first-order valence-corrected chi connectivity index (χ1v) is 9.63.